The average molecular weight is 329 g/mol. The summed E-state index contributed by atoms with van der Waals surface area (Å²) < 4.78 is 0. The summed E-state index contributed by atoms with van der Waals surface area (Å²) in [5.74, 6) is 2.08. The van der Waals surface area contributed by atoms with Gasteiger partial charge in [-0.1, -0.05) is 82.3 Å². The van der Waals surface area contributed by atoms with Gasteiger partial charge in [-0.2, -0.15) is 0 Å². The third-order valence-corrected chi connectivity index (χ3v) is 5.14. The molecule has 0 spiro atoms. The molecule has 22 heavy (non-hydrogen) atoms. The first-order valence-electron chi connectivity index (χ1n) is 7.29. The van der Waals surface area contributed by atoms with Gasteiger partial charge < -0.3 is 0 Å². The van der Waals surface area contributed by atoms with Crippen LogP contribution in [0.3, 0.4) is 0 Å². The Labute approximate surface area is 140 Å². The van der Waals surface area contributed by atoms with Gasteiger partial charge >= 0.3 is 0 Å². The molecule has 2 rings (SSSR count). The van der Waals surface area contributed by atoms with E-state index < -0.39 is 0 Å². The Morgan fingerprint density at radius 2 is 1.05 bits per heavy atom. The largest absolute Gasteiger partial charge is 0.292 e. The van der Waals surface area contributed by atoms with E-state index in [1.54, 1.807) is 0 Å². The lowest BCUT2D eigenvalue weighted by Crippen LogP contribution is -1.88. The van der Waals surface area contributed by atoms with Crippen LogP contribution in [0, 0.1) is 0 Å². The van der Waals surface area contributed by atoms with Crippen LogP contribution in [0.1, 0.15) is 11.1 Å². The molecule has 114 valence electrons. The first-order valence-corrected chi connectivity index (χ1v) is 9.78. The van der Waals surface area contributed by atoms with Gasteiger partial charge in [-0.15, -0.1) is 0 Å². The molecule has 0 aliphatic rings. The minimum absolute atomic E-state index is 0.861. The molecular formula is C18H20N2S2. The minimum atomic E-state index is 0.861. The summed E-state index contributed by atoms with van der Waals surface area (Å²) in [6, 6.07) is 20.4. The zero-order valence-corrected chi connectivity index (χ0v) is 14.1. The van der Waals surface area contributed by atoms with E-state index in [2.05, 4.69) is 34.3 Å². The van der Waals surface area contributed by atoms with Crippen molar-refractivity contribution in [2.75, 3.05) is 24.6 Å². The van der Waals surface area contributed by atoms with Gasteiger partial charge in [-0.3, -0.25) is 9.98 Å². The first kappa shape index (κ1) is 16.8. The fourth-order valence-electron chi connectivity index (χ4n) is 1.72. The van der Waals surface area contributed by atoms with Gasteiger partial charge in [-0.05, 0) is 11.1 Å². The smallest absolute Gasteiger partial charge is 0.0488 e. The predicted octanol–water partition coefficient (Wildman–Crippen LogP) is 4.61. The van der Waals surface area contributed by atoms with Crippen LogP contribution in [0.4, 0.5) is 0 Å². The molecule has 0 heterocycles. The number of benzene rings is 2. The van der Waals surface area contributed by atoms with Crippen LogP contribution in [0.15, 0.2) is 70.6 Å². The fourth-order valence-corrected chi connectivity index (χ4v) is 3.47. The second-order valence-corrected chi connectivity index (χ2v) is 7.24. The van der Waals surface area contributed by atoms with E-state index in [4.69, 9.17) is 0 Å². The van der Waals surface area contributed by atoms with Gasteiger partial charge in [-0.25, -0.2) is 0 Å². The Hall–Kier alpha value is -1.52. The molecule has 0 aromatic heterocycles. The monoisotopic (exact) mass is 328 g/mol. The molecule has 0 atom stereocenters. The summed E-state index contributed by atoms with van der Waals surface area (Å²) >= 11 is 0. The molecule has 2 aromatic carbocycles. The second-order valence-electron chi connectivity index (χ2n) is 4.54. The third kappa shape index (κ3) is 7.48. The van der Waals surface area contributed by atoms with Crippen molar-refractivity contribution in [3.05, 3.63) is 71.8 Å². The lowest BCUT2D eigenvalue weighted by molar-refractivity contribution is 1.15. The topological polar surface area (TPSA) is 24.7 Å². The van der Waals surface area contributed by atoms with Gasteiger partial charge in [0.05, 0.1) is 0 Å². The normalized spacial score (nSPS) is 11.5. The van der Waals surface area contributed by atoms with Crippen molar-refractivity contribution in [2.45, 2.75) is 0 Å². The molecule has 0 unspecified atom stereocenters. The van der Waals surface area contributed by atoms with E-state index in [0.29, 0.717) is 0 Å². The molecule has 0 N–H and O–H groups in total. The highest BCUT2D eigenvalue weighted by Gasteiger charge is 1.90. The third-order valence-electron chi connectivity index (χ3n) is 2.77. The lowest BCUT2D eigenvalue weighted by Gasteiger charge is -1.97. The van der Waals surface area contributed by atoms with E-state index >= 15 is 0 Å². The van der Waals surface area contributed by atoms with E-state index in [1.165, 1.54) is 0 Å². The molecule has 0 bridgehead atoms. The number of hydrogen-bond acceptors (Lipinski definition) is 4. The maximum absolute atomic E-state index is 4.43. The van der Waals surface area contributed by atoms with Crippen LogP contribution < -0.4 is 0 Å². The summed E-state index contributed by atoms with van der Waals surface area (Å²) in [5, 5.41) is 0. The highest BCUT2D eigenvalue weighted by Crippen LogP contribution is 2.20. The van der Waals surface area contributed by atoms with Crippen molar-refractivity contribution in [3.63, 3.8) is 0 Å². The van der Waals surface area contributed by atoms with E-state index in [9.17, 15) is 0 Å². The van der Waals surface area contributed by atoms with Gasteiger partial charge in [0.2, 0.25) is 0 Å². The van der Waals surface area contributed by atoms with Crippen molar-refractivity contribution >= 4 is 34.0 Å². The highest BCUT2D eigenvalue weighted by atomic mass is 33.1. The fraction of sp³-hybridized carbons (Fsp3) is 0.222. The standard InChI is InChI=1S/C18H20N2S2/c1-3-7-17(8-4-1)15-19-11-13-21-22-14-12-20-16-18-9-5-2-6-10-18/h1-10,15-16H,11-14H2. The summed E-state index contributed by atoms with van der Waals surface area (Å²) in [7, 11) is 3.73. The maximum Gasteiger partial charge on any atom is 0.0488 e. The van der Waals surface area contributed by atoms with E-state index in [1.807, 2.05) is 70.4 Å². The number of nitrogens with zero attached hydrogens (tertiary/aromatic N) is 2. The molecule has 0 fully saturated rings. The molecule has 0 aliphatic heterocycles. The summed E-state index contributed by atoms with van der Waals surface area (Å²) in [6.07, 6.45) is 3.88. The summed E-state index contributed by atoms with van der Waals surface area (Å²) in [4.78, 5) is 8.85. The van der Waals surface area contributed by atoms with Crippen molar-refractivity contribution in [1.29, 1.82) is 0 Å². The number of rotatable bonds is 9. The molecule has 0 saturated carbocycles. The SMILES string of the molecule is C(=NCCSSCCN=Cc1ccccc1)c1ccccc1. The zero-order chi connectivity index (χ0) is 15.3. The molecule has 2 aromatic rings. The highest BCUT2D eigenvalue weighted by molar-refractivity contribution is 8.76. The Morgan fingerprint density at radius 3 is 1.45 bits per heavy atom. The first-order chi connectivity index (χ1) is 10.9. The van der Waals surface area contributed by atoms with Crippen LogP contribution in [-0.2, 0) is 0 Å². The second kappa shape index (κ2) is 11.1. The number of aliphatic imine (C=N–C) groups is 2. The Bertz CT molecular complexity index is 515. The Balaban J connectivity index is 1.48. The average Bonchev–Trinajstić information content (AvgIpc) is 2.58. The van der Waals surface area contributed by atoms with E-state index in [-0.39, 0.29) is 0 Å². The minimum Gasteiger partial charge on any atom is -0.292 e. The van der Waals surface area contributed by atoms with Crippen LogP contribution in [0.5, 0.6) is 0 Å². The number of hydrogen-bond donors (Lipinski definition) is 0. The zero-order valence-electron chi connectivity index (χ0n) is 12.5. The predicted molar refractivity (Wildman–Crippen MR) is 103 cm³/mol. The van der Waals surface area contributed by atoms with Gasteiger partial charge in [0.15, 0.2) is 0 Å². The van der Waals surface area contributed by atoms with E-state index in [0.717, 1.165) is 35.7 Å². The van der Waals surface area contributed by atoms with Crippen LogP contribution in [-0.4, -0.2) is 37.0 Å². The van der Waals surface area contributed by atoms with Crippen LogP contribution >= 0.6 is 21.6 Å². The molecule has 0 aliphatic carbocycles. The van der Waals surface area contributed by atoms with Crippen molar-refractivity contribution in [3.8, 4) is 0 Å². The Kier molecular flexibility index (Phi) is 8.50. The molecule has 0 radical (unpaired) electrons. The summed E-state index contributed by atoms with van der Waals surface area (Å²) in [6.45, 7) is 1.72. The van der Waals surface area contributed by atoms with Crippen molar-refractivity contribution < 1.29 is 0 Å². The molecule has 2 nitrogen and oxygen atoms in total. The van der Waals surface area contributed by atoms with Crippen molar-refractivity contribution in [2.24, 2.45) is 9.98 Å². The Morgan fingerprint density at radius 1 is 0.636 bits per heavy atom. The van der Waals surface area contributed by atoms with Crippen LogP contribution in [0.2, 0.25) is 0 Å². The molecular weight excluding hydrogens is 308 g/mol. The molecule has 0 amide bonds. The van der Waals surface area contributed by atoms with Gasteiger partial charge in [0.1, 0.15) is 0 Å². The van der Waals surface area contributed by atoms with Gasteiger partial charge in [0.25, 0.3) is 0 Å². The van der Waals surface area contributed by atoms with Crippen LogP contribution in [0.25, 0.3) is 0 Å². The molecule has 0 saturated heterocycles. The lowest BCUT2D eigenvalue weighted by atomic mass is 10.2. The quantitative estimate of drug-likeness (QED) is 0.381. The van der Waals surface area contributed by atoms with Crippen molar-refractivity contribution in [1.82, 2.24) is 0 Å². The maximum atomic E-state index is 4.43. The van der Waals surface area contributed by atoms with Gasteiger partial charge in [0, 0.05) is 37.0 Å². The summed E-state index contributed by atoms with van der Waals surface area (Å²) in [5.41, 5.74) is 2.32. The molecule has 4 heteroatoms.